The van der Waals surface area contributed by atoms with Gasteiger partial charge in [0, 0.05) is 0 Å². The van der Waals surface area contributed by atoms with Crippen LogP contribution in [0.5, 0.6) is 0 Å². The zero-order valence-corrected chi connectivity index (χ0v) is 13.5. The number of aryl methyl sites for hydroxylation is 1. The molecule has 1 aliphatic carbocycles. The predicted molar refractivity (Wildman–Crippen MR) is 89.8 cm³/mol. The van der Waals surface area contributed by atoms with E-state index in [0.717, 1.165) is 0 Å². The molecule has 1 aromatic carbocycles. The van der Waals surface area contributed by atoms with E-state index in [1.165, 1.54) is 43.2 Å². The molecule has 0 heteroatoms. The molecule has 0 atom stereocenters. The molecule has 0 aliphatic heterocycles. The second-order valence-corrected chi connectivity index (χ2v) is 6.76. The second kappa shape index (κ2) is 6.43. The van der Waals surface area contributed by atoms with E-state index in [-0.39, 0.29) is 0 Å². The van der Waals surface area contributed by atoms with Gasteiger partial charge in [-0.25, -0.2) is 0 Å². The fourth-order valence-corrected chi connectivity index (χ4v) is 3.33. The number of hydrogen-bond donors (Lipinski definition) is 0. The van der Waals surface area contributed by atoms with Gasteiger partial charge in [-0.15, -0.1) is 0 Å². The van der Waals surface area contributed by atoms with Crippen molar-refractivity contribution in [3.8, 4) is 0 Å². The van der Waals surface area contributed by atoms with Crippen molar-refractivity contribution < 1.29 is 0 Å². The molecule has 0 saturated heterocycles. The zero-order chi connectivity index (χ0) is 14.6. The highest BCUT2D eigenvalue weighted by molar-refractivity contribution is 5.55. The molecule has 0 unspecified atom stereocenters. The lowest BCUT2D eigenvalue weighted by molar-refractivity contribution is 0.377. The minimum Gasteiger partial charge on any atom is -0.0696 e. The van der Waals surface area contributed by atoms with Crippen molar-refractivity contribution in [1.29, 1.82) is 0 Å². The van der Waals surface area contributed by atoms with Crippen molar-refractivity contribution in [2.24, 2.45) is 5.41 Å². The number of hydrogen-bond acceptors (Lipinski definition) is 0. The molecule has 0 saturated carbocycles. The molecule has 0 nitrogen and oxygen atoms in total. The summed E-state index contributed by atoms with van der Waals surface area (Å²) in [6, 6.07) is 8.95. The summed E-state index contributed by atoms with van der Waals surface area (Å²) in [7, 11) is 0. The first-order valence-corrected chi connectivity index (χ1v) is 8.00. The van der Waals surface area contributed by atoms with Gasteiger partial charge in [-0.1, -0.05) is 69.2 Å². The molecule has 2 rings (SSSR count). The first-order valence-electron chi connectivity index (χ1n) is 8.00. The number of benzene rings is 1. The van der Waals surface area contributed by atoms with E-state index >= 15 is 0 Å². The average molecular weight is 268 g/mol. The fraction of sp³-hybridized carbons (Fsp3) is 0.500. The molecule has 1 aromatic rings. The Hall–Kier alpha value is -1.30. The van der Waals surface area contributed by atoms with E-state index in [2.05, 4.69) is 64.1 Å². The van der Waals surface area contributed by atoms with Crippen LogP contribution in [-0.4, -0.2) is 0 Å². The van der Waals surface area contributed by atoms with Crippen molar-refractivity contribution in [2.45, 2.75) is 59.8 Å². The summed E-state index contributed by atoms with van der Waals surface area (Å²) in [6.45, 7) is 9.29. The average Bonchev–Trinajstić information content (AvgIpc) is 2.38. The lowest BCUT2D eigenvalue weighted by Gasteiger charge is -2.32. The maximum Gasteiger partial charge on any atom is -0.0104 e. The predicted octanol–water partition coefficient (Wildman–Crippen LogP) is 6.18. The monoisotopic (exact) mass is 268 g/mol. The van der Waals surface area contributed by atoms with Crippen LogP contribution in [0, 0.1) is 5.41 Å². The third-order valence-corrected chi connectivity index (χ3v) is 4.47. The smallest absolute Gasteiger partial charge is 0.0104 e. The number of rotatable bonds is 4. The fourth-order valence-electron chi connectivity index (χ4n) is 3.33. The zero-order valence-electron chi connectivity index (χ0n) is 13.5. The largest absolute Gasteiger partial charge is 0.0696 e. The first-order chi connectivity index (χ1) is 9.53. The molecule has 0 aromatic heterocycles. The summed E-state index contributed by atoms with van der Waals surface area (Å²) in [5.41, 5.74) is 6.23. The van der Waals surface area contributed by atoms with Crippen molar-refractivity contribution in [1.82, 2.24) is 0 Å². The van der Waals surface area contributed by atoms with Crippen LogP contribution in [0.3, 0.4) is 0 Å². The third kappa shape index (κ3) is 3.62. The lowest BCUT2D eigenvalue weighted by Crippen LogP contribution is -2.18. The van der Waals surface area contributed by atoms with Crippen LogP contribution in [0.15, 0.2) is 41.5 Å². The summed E-state index contributed by atoms with van der Waals surface area (Å²) in [5, 5.41) is 0. The van der Waals surface area contributed by atoms with Gasteiger partial charge in [-0.3, -0.25) is 0 Å². The standard InChI is InChI=1S/C20H28/c1-5-8-17-10-6-11-18(15-17)12-13-19-16(2)9-7-14-20(19,3)4/h6,10-13,15H,5,7-9,14H2,1-4H3/b13-12+. The van der Waals surface area contributed by atoms with Crippen LogP contribution in [0.4, 0.5) is 0 Å². The molecule has 108 valence electrons. The highest BCUT2D eigenvalue weighted by atomic mass is 14.3. The van der Waals surface area contributed by atoms with Gasteiger partial charge >= 0.3 is 0 Å². The molecule has 0 fully saturated rings. The summed E-state index contributed by atoms with van der Waals surface area (Å²) >= 11 is 0. The summed E-state index contributed by atoms with van der Waals surface area (Å²) in [5.74, 6) is 0. The Morgan fingerprint density at radius 2 is 2.00 bits per heavy atom. The van der Waals surface area contributed by atoms with Gasteiger partial charge in [0.05, 0.1) is 0 Å². The minimum atomic E-state index is 0.333. The molecule has 0 bridgehead atoms. The van der Waals surface area contributed by atoms with Gasteiger partial charge in [0.2, 0.25) is 0 Å². The van der Waals surface area contributed by atoms with Crippen molar-refractivity contribution in [3.05, 3.63) is 52.6 Å². The second-order valence-electron chi connectivity index (χ2n) is 6.76. The summed E-state index contributed by atoms with van der Waals surface area (Å²) in [6.07, 6.45) is 10.9. The van der Waals surface area contributed by atoms with Gasteiger partial charge < -0.3 is 0 Å². The molecule has 0 spiro atoms. The van der Waals surface area contributed by atoms with Crippen LogP contribution in [0.1, 0.15) is 64.5 Å². The molecular formula is C20H28. The molecule has 0 N–H and O–H groups in total. The van der Waals surface area contributed by atoms with Gasteiger partial charge in [-0.2, -0.15) is 0 Å². The minimum absolute atomic E-state index is 0.333. The van der Waals surface area contributed by atoms with Gasteiger partial charge in [0.25, 0.3) is 0 Å². The molecule has 0 radical (unpaired) electrons. The van der Waals surface area contributed by atoms with Gasteiger partial charge in [0.15, 0.2) is 0 Å². The topological polar surface area (TPSA) is 0 Å². The first kappa shape index (κ1) is 15.1. The van der Waals surface area contributed by atoms with Crippen LogP contribution < -0.4 is 0 Å². The molecule has 0 heterocycles. The molecular weight excluding hydrogens is 240 g/mol. The maximum atomic E-state index is 2.38. The molecule has 20 heavy (non-hydrogen) atoms. The van der Waals surface area contributed by atoms with Gasteiger partial charge in [0.1, 0.15) is 0 Å². The summed E-state index contributed by atoms with van der Waals surface area (Å²) in [4.78, 5) is 0. The van der Waals surface area contributed by atoms with E-state index < -0.39 is 0 Å². The van der Waals surface area contributed by atoms with Crippen LogP contribution in [0.25, 0.3) is 6.08 Å². The number of allylic oxidation sites excluding steroid dienone is 3. The Bertz CT molecular complexity index is 515. The highest BCUT2D eigenvalue weighted by Crippen LogP contribution is 2.40. The van der Waals surface area contributed by atoms with Crippen LogP contribution in [0.2, 0.25) is 0 Å². The molecule has 0 amide bonds. The summed E-state index contributed by atoms with van der Waals surface area (Å²) < 4.78 is 0. The van der Waals surface area contributed by atoms with Crippen LogP contribution in [-0.2, 0) is 6.42 Å². The quantitative estimate of drug-likeness (QED) is 0.611. The Labute approximate surface area is 124 Å². The van der Waals surface area contributed by atoms with Crippen molar-refractivity contribution in [2.75, 3.05) is 0 Å². The highest BCUT2D eigenvalue weighted by Gasteiger charge is 2.26. The molecule has 1 aliphatic rings. The van der Waals surface area contributed by atoms with E-state index in [1.807, 2.05) is 0 Å². The SMILES string of the molecule is CCCc1cccc(/C=C/C2=C(C)CCCC2(C)C)c1. The van der Waals surface area contributed by atoms with Gasteiger partial charge in [-0.05, 0) is 54.7 Å². The Balaban J connectivity index is 2.22. The van der Waals surface area contributed by atoms with E-state index in [4.69, 9.17) is 0 Å². The Kier molecular flexibility index (Phi) is 4.86. The van der Waals surface area contributed by atoms with Crippen molar-refractivity contribution >= 4 is 6.08 Å². The van der Waals surface area contributed by atoms with Crippen LogP contribution >= 0.6 is 0 Å². The van der Waals surface area contributed by atoms with E-state index in [9.17, 15) is 0 Å². The Morgan fingerprint density at radius 1 is 1.20 bits per heavy atom. The van der Waals surface area contributed by atoms with E-state index in [1.54, 1.807) is 11.1 Å². The maximum absolute atomic E-state index is 2.38. The normalized spacial score (nSPS) is 18.8. The third-order valence-electron chi connectivity index (χ3n) is 4.47. The lowest BCUT2D eigenvalue weighted by atomic mass is 9.72. The van der Waals surface area contributed by atoms with E-state index in [0.29, 0.717) is 5.41 Å². The van der Waals surface area contributed by atoms with Crippen molar-refractivity contribution in [3.63, 3.8) is 0 Å². The Morgan fingerprint density at radius 3 is 2.70 bits per heavy atom.